The van der Waals surface area contributed by atoms with Crippen LogP contribution in [0, 0.1) is 0 Å². The Kier molecular flexibility index (Phi) is 11.4. The third kappa shape index (κ3) is 8.97. The van der Waals surface area contributed by atoms with Gasteiger partial charge in [-0.05, 0) is 24.3 Å². The molecular formula is C23H23ClF6N4O5S. The highest BCUT2D eigenvalue weighted by Crippen LogP contribution is 2.32. The zero-order chi connectivity index (χ0) is 29.4. The SMILES string of the molecule is O=C(NC[C@@H](C(=O)Nc1ccc(N2CCOCC2=O)cc1OC(F)F)N(CC(F)F)CC(F)F)c1ccc(Cl)s1. The molecule has 2 aromatic rings. The van der Waals surface area contributed by atoms with Crippen molar-refractivity contribution in [2.45, 2.75) is 25.5 Å². The minimum absolute atomic E-state index is 0.110. The predicted molar refractivity (Wildman–Crippen MR) is 134 cm³/mol. The number of alkyl halides is 6. The first-order valence-electron chi connectivity index (χ1n) is 11.6. The quantitative estimate of drug-likeness (QED) is 0.331. The van der Waals surface area contributed by atoms with E-state index < -0.39 is 68.6 Å². The number of nitrogens with zero attached hydrogens (tertiary/aromatic N) is 2. The van der Waals surface area contributed by atoms with Crippen LogP contribution in [0.4, 0.5) is 37.7 Å². The monoisotopic (exact) mass is 616 g/mol. The number of halogens is 7. The summed E-state index contributed by atoms with van der Waals surface area (Å²) in [6.45, 7) is -6.48. The van der Waals surface area contributed by atoms with Crippen LogP contribution in [0.15, 0.2) is 30.3 Å². The Morgan fingerprint density at radius 2 is 1.80 bits per heavy atom. The average Bonchev–Trinajstić information content (AvgIpc) is 3.30. The van der Waals surface area contributed by atoms with Gasteiger partial charge in [0.15, 0.2) is 5.75 Å². The Hall–Kier alpha value is -3.08. The number of hydrogen-bond acceptors (Lipinski definition) is 7. The normalized spacial score (nSPS) is 14.8. The van der Waals surface area contributed by atoms with Crippen molar-refractivity contribution < 1.29 is 50.2 Å². The zero-order valence-electron chi connectivity index (χ0n) is 20.4. The van der Waals surface area contributed by atoms with Crippen molar-refractivity contribution in [2.75, 3.05) is 49.6 Å². The van der Waals surface area contributed by atoms with E-state index >= 15 is 0 Å². The number of anilines is 2. The maximum Gasteiger partial charge on any atom is 0.387 e. The highest BCUT2D eigenvalue weighted by atomic mass is 35.5. The van der Waals surface area contributed by atoms with Crippen LogP contribution >= 0.6 is 22.9 Å². The minimum Gasteiger partial charge on any atom is -0.433 e. The lowest BCUT2D eigenvalue weighted by molar-refractivity contribution is -0.125. The third-order valence-electron chi connectivity index (χ3n) is 5.48. The molecule has 0 saturated carbocycles. The van der Waals surface area contributed by atoms with Crippen LogP contribution < -0.4 is 20.3 Å². The zero-order valence-corrected chi connectivity index (χ0v) is 22.0. The summed E-state index contributed by atoms with van der Waals surface area (Å²) in [7, 11) is 0. The molecule has 1 fully saturated rings. The standard InChI is InChI=1S/C23H23ClF6N4O5S/c24-17-4-3-16(40-17)22(37)31-8-14(33(9-18(25)26)10-19(27)28)21(36)32-13-2-1-12(7-15(13)39-23(29)30)34-5-6-38-11-20(34)35/h1-4,7,14,18-19,23H,5-6,8-11H2,(H,31,37)(H,32,36)/t14-/m0/s1. The van der Waals surface area contributed by atoms with Crippen LogP contribution in [0.5, 0.6) is 5.75 Å². The van der Waals surface area contributed by atoms with E-state index in [2.05, 4.69) is 15.4 Å². The molecule has 1 aromatic carbocycles. The summed E-state index contributed by atoms with van der Waals surface area (Å²) in [6.07, 6.45) is -6.24. The number of hydrogen-bond donors (Lipinski definition) is 2. The van der Waals surface area contributed by atoms with Crippen LogP contribution in [0.3, 0.4) is 0 Å². The molecule has 1 aromatic heterocycles. The fraction of sp³-hybridized carbons (Fsp3) is 0.435. The van der Waals surface area contributed by atoms with Gasteiger partial charge in [-0.2, -0.15) is 8.78 Å². The van der Waals surface area contributed by atoms with Crippen molar-refractivity contribution >= 4 is 52.0 Å². The lowest BCUT2D eigenvalue weighted by Gasteiger charge is -2.31. The predicted octanol–water partition coefficient (Wildman–Crippen LogP) is 3.94. The highest BCUT2D eigenvalue weighted by Gasteiger charge is 2.32. The van der Waals surface area contributed by atoms with Gasteiger partial charge >= 0.3 is 6.61 Å². The van der Waals surface area contributed by atoms with E-state index in [0.29, 0.717) is 4.90 Å². The Bertz CT molecular complexity index is 1180. The van der Waals surface area contributed by atoms with Gasteiger partial charge in [0.25, 0.3) is 24.7 Å². The molecule has 0 bridgehead atoms. The number of nitrogens with one attached hydrogen (secondary N) is 2. The van der Waals surface area contributed by atoms with E-state index in [-0.39, 0.29) is 40.3 Å². The molecule has 3 amide bonds. The molecule has 1 aliphatic rings. The number of morpholine rings is 1. The minimum atomic E-state index is -3.35. The lowest BCUT2D eigenvalue weighted by atomic mass is 10.1. The second-order valence-corrected chi connectivity index (χ2v) is 9.93. The molecule has 9 nitrogen and oxygen atoms in total. The lowest BCUT2D eigenvalue weighted by Crippen LogP contribution is -2.53. The van der Waals surface area contributed by atoms with Gasteiger partial charge in [-0.3, -0.25) is 19.3 Å². The second-order valence-electron chi connectivity index (χ2n) is 8.21. The topological polar surface area (TPSA) is 100 Å². The van der Waals surface area contributed by atoms with E-state index in [1.807, 2.05) is 0 Å². The summed E-state index contributed by atoms with van der Waals surface area (Å²) in [5.41, 5.74) is -0.206. The molecule has 0 spiro atoms. The van der Waals surface area contributed by atoms with Crippen molar-refractivity contribution in [1.82, 2.24) is 10.2 Å². The molecule has 2 N–H and O–H groups in total. The fourth-order valence-electron chi connectivity index (χ4n) is 3.77. The molecule has 17 heteroatoms. The van der Waals surface area contributed by atoms with E-state index in [1.165, 1.54) is 23.1 Å². The first-order chi connectivity index (χ1) is 18.9. The fourth-order valence-corrected chi connectivity index (χ4v) is 4.73. The highest BCUT2D eigenvalue weighted by molar-refractivity contribution is 7.18. The van der Waals surface area contributed by atoms with Crippen LogP contribution in [0.25, 0.3) is 0 Å². The maximum atomic E-state index is 13.2. The number of carbonyl (C=O) groups excluding carboxylic acids is 3. The first-order valence-corrected chi connectivity index (χ1v) is 12.8. The number of carbonyl (C=O) groups is 3. The average molecular weight is 617 g/mol. The van der Waals surface area contributed by atoms with E-state index in [1.54, 1.807) is 0 Å². The van der Waals surface area contributed by atoms with E-state index in [0.717, 1.165) is 23.5 Å². The second kappa shape index (κ2) is 14.5. The Morgan fingerprint density at radius 1 is 1.10 bits per heavy atom. The summed E-state index contributed by atoms with van der Waals surface area (Å²) in [5.74, 6) is -2.95. The molecule has 0 radical (unpaired) electrons. The van der Waals surface area contributed by atoms with E-state index in [4.69, 9.17) is 16.3 Å². The molecule has 40 heavy (non-hydrogen) atoms. The van der Waals surface area contributed by atoms with Crippen molar-refractivity contribution in [3.8, 4) is 5.75 Å². The molecule has 1 aliphatic heterocycles. The third-order valence-corrected chi connectivity index (χ3v) is 6.71. The summed E-state index contributed by atoms with van der Waals surface area (Å²) in [4.78, 5) is 39.6. The first kappa shape index (κ1) is 31.4. The number of thiophene rings is 1. The molecule has 0 unspecified atom stereocenters. The maximum absolute atomic E-state index is 13.2. The van der Waals surface area contributed by atoms with Crippen molar-refractivity contribution in [1.29, 1.82) is 0 Å². The summed E-state index contributed by atoms with van der Waals surface area (Å²) in [5, 5.41) is 4.55. The van der Waals surface area contributed by atoms with Gasteiger partial charge in [0.05, 0.1) is 34.6 Å². The molecular weight excluding hydrogens is 594 g/mol. The Morgan fingerprint density at radius 3 is 2.38 bits per heavy atom. The Balaban J connectivity index is 1.88. The summed E-state index contributed by atoms with van der Waals surface area (Å²) >= 11 is 6.68. The molecule has 2 heterocycles. The van der Waals surface area contributed by atoms with Crippen LogP contribution in [-0.2, 0) is 14.3 Å². The van der Waals surface area contributed by atoms with Gasteiger partial charge in [0, 0.05) is 24.8 Å². The van der Waals surface area contributed by atoms with E-state index in [9.17, 15) is 40.7 Å². The van der Waals surface area contributed by atoms with Gasteiger partial charge in [-0.15, -0.1) is 11.3 Å². The van der Waals surface area contributed by atoms with Gasteiger partial charge in [0.2, 0.25) is 5.91 Å². The molecule has 220 valence electrons. The number of amides is 3. The summed E-state index contributed by atoms with van der Waals surface area (Å²) in [6, 6.07) is 4.50. The number of ether oxygens (including phenoxy) is 2. The van der Waals surface area contributed by atoms with Crippen LogP contribution in [-0.4, -0.2) is 87.5 Å². The van der Waals surface area contributed by atoms with Crippen molar-refractivity contribution in [2.24, 2.45) is 0 Å². The number of rotatable bonds is 13. The van der Waals surface area contributed by atoms with Gasteiger partial charge in [-0.1, -0.05) is 11.6 Å². The molecule has 1 saturated heterocycles. The largest absolute Gasteiger partial charge is 0.433 e. The van der Waals surface area contributed by atoms with Gasteiger partial charge in [-0.25, -0.2) is 17.6 Å². The molecule has 3 rings (SSSR count). The van der Waals surface area contributed by atoms with Crippen LogP contribution in [0.2, 0.25) is 4.34 Å². The number of benzene rings is 1. The van der Waals surface area contributed by atoms with Gasteiger partial charge in [0.1, 0.15) is 12.6 Å². The summed E-state index contributed by atoms with van der Waals surface area (Å²) < 4.78 is 89.1. The van der Waals surface area contributed by atoms with Crippen molar-refractivity contribution in [3.63, 3.8) is 0 Å². The van der Waals surface area contributed by atoms with Gasteiger partial charge < -0.3 is 25.0 Å². The molecule has 1 atom stereocenters. The molecule has 0 aliphatic carbocycles. The smallest absolute Gasteiger partial charge is 0.387 e. The Labute approximate surface area is 232 Å². The van der Waals surface area contributed by atoms with Crippen molar-refractivity contribution in [3.05, 3.63) is 39.5 Å². The van der Waals surface area contributed by atoms with Crippen LogP contribution in [0.1, 0.15) is 9.67 Å².